The Kier molecular flexibility index (Phi) is 2.88. The van der Waals surface area contributed by atoms with Crippen molar-refractivity contribution >= 4 is 10.9 Å². The highest BCUT2D eigenvalue weighted by Gasteiger charge is 2.06. The summed E-state index contributed by atoms with van der Waals surface area (Å²) < 4.78 is 13.7. The van der Waals surface area contributed by atoms with Crippen LogP contribution in [-0.4, -0.2) is 10.1 Å². The number of aromatic hydroxyl groups is 1. The van der Waals surface area contributed by atoms with Gasteiger partial charge in [0.05, 0.1) is 5.52 Å². The van der Waals surface area contributed by atoms with E-state index in [9.17, 15) is 9.50 Å². The Balaban J connectivity index is 1.96. The Morgan fingerprint density at radius 2 is 1.84 bits per heavy atom. The molecule has 2 aromatic carbocycles. The van der Waals surface area contributed by atoms with E-state index in [0.717, 1.165) is 22.7 Å². The van der Waals surface area contributed by atoms with Gasteiger partial charge in [-0.15, -0.1) is 0 Å². The topological polar surface area (TPSA) is 33.1 Å². The second kappa shape index (κ2) is 4.69. The van der Waals surface area contributed by atoms with Crippen LogP contribution in [0, 0.1) is 5.82 Å². The van der Waals surface area contributed by atoms with Crippen LogP contribution >= 0.6 is 0 Å². The Labute approximate surface area is 110 Å². The van der Waals surface area contributed by atoms with E-state index in [0.29, 0.717) is 12.0 Å². The van der Waals surface area contributed by atoms with Crippen molar-refractivity contribution in [2.75, 3.05) is 0 Å². The lowest BCUT2D eigenvalue weighted by molar-refractivity contribution is 0.468. The van der Waals surface area contributed by atoms with Gasteiger partial charge in [0.25, 0.3) is 0 Å². The lowest BCUT2D eigenvalue weighted by atomic mass is 10.1. The molecule has 19 heavy (non-hydrogen) atoms. The van der Waals surface area contributed by atoms with Crippen molar-refractivity contribution in [3.63, 3.8) is 0 Å². The molecule has 0 unspecified atom stereocenters. The van der Waals surface area contributed by atoms with E-state index in [2.05, 4.69) is 4.98 Å². The first-order chi connectivity index (χ1) is 9.22. The summed E-state index contributed by atoms with van der Waals surface area (Å²) in [6.45, 7) is 0. The molecule has 1 heterocycles. The number of hydrogen-bond acceptors (Lipinski definition) is 2. The zero-order valence-electron chi connectivity index (χ0n) is 10.2. The lowest BCUT2D eigenvalue weighted by Crippen LogP contribution is -1.95. The number of pyridine rings is 1. The summed E-state index contributed by atoms with van der Waals surface area (Å²) >= 11 is 0. The molecule has 1 aromatic heterocycles. The fourth-order valence-electron chi connectivity index (χ4n) is 2.08. The van der Waals surface area contributed by atoms with Crippen LogP contribution in [0.1, 0.15) is 11.3 Å². The third-order valence-electron chi connectivity index (χ3n) is 3.06. The third-order valence-corrected chi connectivity index (χ3v) is 3.06. The minimum absolute atomic E-state index is 0.0623. The van der Waals surface area contributed by atoms with Gasteiger partial charge in [-0.3, -0.25) is 4.98 Å². The number of fused-ring (bicyclic) bond motifs is 1. The average molecular weight is 253 g/mol. The molecule has 0 fully saturated rings. The van der Waals surface area contributed by atoms with Crippen molar-refractivity contribution in [3.05, 3.63) is 71.7 Å². The van der Waals surface area contributed by atoms with E-state index in [1.165, 1.54) is 6.07 Å². The highest BCUT2D eigenvalue weighted by Crippen LogP contribution is 2.19. The lowest BCUT2D eigenvalue weighted by Gasteiger charge is -2.05. The van der Waals surface area contributed by atoms with Gasteiger partial charge in [0.1, 0.15) is 11.6 Å². The highest BCUT2D eigenvalue weighted by atomic mass is 19.1. The van der Waals surface area contributed by atoms with Gasteiger partial charge >= 0.3 is 0 Å². The molecule has 0 radical (unpaired) electrons. The largest absolute Gasteiger partial charge is 0.508 e. The van der Waals surface area contributed by atoms with Crippen molar-refractivity contribution in [2.45, 2.75) is 6.42 Å². The predicted octanol–water partition coefficient (Wildman–Crippen LogP) is 3.67. The number of phenols is 1. The van der Waals surface area contributed by atoms with Crippen molar-refractivity contribution < 1.29 is 9.50 Å². The summed E-state index contributed by atoms with van der Waals surface area (Å²) in [6.07, 6.45) is 0.414. The second-order valence-electron chi connectivity index (χ2n) is 4.45. The van der Waals surface area contributed by atoms with Crippen LogP contribution in [0.4, 0.5) is 4.39 Å². The first-order valence-corrected chi connectivity index (χ1v) is 6.04. The molecule has 0 aliphatic carbocycles. The summed E-state index contributed by atoms with van der Waals surface area (Å²) in [6, 6.07) is 15.9. The van der Waals surface area contributed by atoms with Gasteiger partial charge in [-0.05, 0) is 23.8 Å². The molecule has 1 N–H and O–H groups in total. The van der Waals surface area contributed by atoms with E-state index in [1.54, 1.807) is 6.07 Å². The third kappa shape index (κ3) is 2.40. The van der Waals surface area contributed by atoms with Gasteiger partial charge in [-0.2, -0.15) is 0 Å². The monoisotopic (exact) mass is 253 g/mol. The number of nitrogens with zero attached hydrogens (tertiary/aromatic N) is 1. The molecular weight excluding hydrogens is 241 g/mol. The normalized spacial score (nSPS) is 10.8. The summed E-state index contributed by atoms with van der Waals surface area (Å²) in [7, 11) is 0. The van der Waals surface area contributed by atoms with Gasteiger partial charge in [0.2, 0.25) is 0 Å². The molecule has 0 aliphatic rings. The standard InChI is InChI=1S/C16H12FNO/c17-15-10-14(19)8-6-12(15)9-13-7-5-11-3-1-2-4-16(11)18-13/h1-8,10,19H,9H2. The van der Waals surface area contributed by atoms with Crippen LogP contribution in [0.3, 0.4) is 0 Å². The molecule has 0 saturated heterocycles. The van der Waals surface area contributed by atoms with Crippen molar-refractivity contribution in [1.82, 2.24) is 4.98 Å². The number of benzene rings is 2. The number of hydrogen-bond donors (Lipinski definition) is 1. The maximum Gasteiger partial charge on any atom is 0.130 e. The van der Waals surface area contributed by atoms with E-state index in [1.807, 2.05) is 36.4 Å². The van der Waals surface area contributed by atoms with Crippen LogP contribution in [0.5, 0.6) is 5.75 Å². The second-order valence-corrected chi connectivity index (χ2v) is 4.45. The molecule has 0 saturated carbocycles. The van der Waals surface area contributed by atoms with E-state index in [4.69, 9.17) is 0 Å². The van der Waals surface area contributed by atoms with Gasteiger partial charge in [0, 0.05) is 23.6 Å². The molecule has 3 heteroatoms. The zero-order valence-corrected chi connectivity index (χ0v) is 10.2. The predicted molar refractivity (Wildman–Crippen MR) is 72.6 cm³/mol. The van der Waals surface area contributed by atoms with Crippen LogP contribution < -0.4 is 0 Å². The minimum Gasteiger partial charge on any atom is -0.508 e. The summed E-state index contributed by atoms with van der Waals surface area (Å²) in [5.41, 5.74) is 2.24. The Morgan fingerprint density at radius 3 is 2.68 bits per heavy atom. The summed E-state index contributed by atoms with van der Waals surface area (Å²) in [5.74, 6) is -0.470. The van der Waals surface area contributed by atoms with Crippen molar-refractivity contribution in [1.29, 1.82) is 0 Å². The van der Waals surface area contributed by atoms with E-state index < -0.39 is 5.82 Å². The smallest absolute Gasteiger partial charge is 0.130 e. The average Bonchev–Trinajstić information content (AvgIpc) is 2.42. The fraction of sp³-hybridized carbons (Fsp3) is 0.0625. The molecular formula is C16H12FNO. The Morgan fingerprint density at radius 1 is 1.00 bits per heavy atom. The molecule has 0 bridgehead atoms. The maximum atomic E-state index is 13.7. The number of phenolic OH excluding ortho intramolecular Hbond substituents is 1. The SMILES string of the molecule is Oc1ccc(Cc2ccc3ccccc3n2)c(F)c1. The van der Waals surface area contributed by atoms with E-state index >= 15 is 0 Å². The summed E-state index contributed by atoms with van der Waals surface area (Å²) in [5, 5.41) is 10.3. The van der Waals surface area contributed by atoms with Gasteiger partial charge < -0.3 is 5.11 Å². The molecule has 94 valence electrons. The van der Waals surface area contributed by atoms with Gasteiger partial charge in [-0.1, -0.05) is 30.3 Å². The van der Waals surface area contributed by atoms with Crippen LogP contribution in [0.25, 0.3) is 10.9 Å². The number of halogens is 1. The molecule has 3 rings (SSSR count). The van der Waals surface area contributed by atoms with Crippen LogP contribution in [-0.2, 0) is 6.42 Å². The molecule has 0 aliphatic heterocycles. The van der Waals surface area contributed by atoms with Crippen LogP contribution in [0.2, 0.25) is 0 Å². The highest BCUT2D eigenvalue weighted by molar-refractivity contribution is 5.78. The number of aromatic nitrogens is 1. The molecule has 2 nitrogen and oxygen atoms in total. The maximum absolute atomic E-state index is 13.7. The van der Waals surface area contributed by atoms with E-state index in [-0.39, 0.29) is 5.75 Å². The first kappa shape index (κ1) is 11.7. The summed E-state index contributed by atoms with van der Waals surface area (Å²) in [4.78, 5) is 4.50. The minimum atomic E-state index is -0.407. The Bertz CT molecular complexity index is 740. The zero-order chi connectivity index (χ0) is 13.2. The quantitative estimate of drug-likeness (QED) is 0.756. The Hall–Kier alpha value is -2.42. The fourth-order valence-corrected chi connectivity index (χ4v) is 2.08. The van der Waals surface area contributed by atoms with Crippen molar-refractivity contribution in [3.8, 4) is 5.75 Å². The molecule has 0 spiro atoms. The van der Waals surface area contributed by atoms with Crippen LogP contribution in [0.15, 0.2) is 54.6 Å². The van der Waals surface area contributed by atoms with Crippen molar-refractivity contribution in [2.24, 2.45) is 0 Å². The molecule has 3 aromatic rings. The van der Waals surface area contributed by atoms with Gasteiger partial charge in [-0.25, -0.2) is 4.39 Å². The van der Waals surface area contributed by atoms with Gasteiger partial charge in [0.15, 0.2) is 0 Å². The molecule has 0 amide bonds. The number of rotatable bonds is 2. The molecule has 0 atom stereocenters. The first-order valence-electron chi connectivity index (χ1n) is 6.04. The number of para-hydroxylation sites is 1.